The summed E-state index contributed by atoms with van der Waals surface area (Å²) in [6.45, 7) is 7.78. The summed E-state index contributed by atoms with van der Waals surface area (Å²) in [7, 11) is 2.04. The summed E-state index contributed by atoms with van der Waals surface area (Å²) in [5.74, 6) is 1.86. The van der Waals surface area contributed by atoms with Crippen LogP contribution < -0.4 is 5.32 Å². The molecule has 0 aliphatic carbocycles. The molecule has 1 N–H and O–H groups in total. The second-order valence-electron chi connectivity index (χ2n) is 4.42. The zero-order valence-corrected chi connectivity index (χ0v) is 10.3. The fraction of sp³-hybridized carbons (Fsp3) is 0.750. The molecule has 0 aromatic carbocycles. The van der Waals surface area contributed by atoms with Crippen molar-refractivity contribution in [3.05, 3.63) is 18.2 Å². The molecule has 0 radical (unpaired) electrons. The van der Waals surface area contributed by atoms with E-state index in [9.17, 15) is 0 Å². The molecular formula is C12H23N3. The molecule has 1 atom stereocenters. The van der Waals surface area contributed by atoms with Crippen molar-refractivity contribution in [1.82, 2.24) is 14.9 Å². The summed E-state index contributed by atoms with van der Waals surface area (Å²) in [5.41, 5.74) is 0. The lowest BCUT2D eigenvalue weighted by Gasteiger charge is -2.20. The molecule has 0 saturated heterocycles. The highest BCUT2D eigenvalue weighted by Crippen LogP contribution is 2.05. The molecule has 1 heterocycles. The van der Waals surface area contributed by atoms with Gasteiger partial charge in [0.15, 0.2) is 0 Å². The van der Waals surface area contributed by atoms with Crippen LogP contribution in [0, 0.1) is 5.92 Å². The van der Waals surface area contributed by atoms with E-state index >= 15 is 0 Å². The highest BCUT2D eigenvalue weighted by molar-refractivity contribution is 4.91. The van der Waals surface area contributed by atoms with Crippen molar-refractivity contribution in [3.8, 4) is 0 Å². The molecule has 1 aromatic rings. The summed E-state index contributed by atoms with van der Waals surface area (Å²) in [5, 5.41) is 3.58. The van der Waals surface area contributed by atoms with Gasteiger partial charge in [-0.25, -0.2) is 4.98 Å². The zero-order valence-electron chi connectivity index (χ0n) is 10.3. The molecule has 0 aliphatic rings. The van der Waals surface area contributed by atoms with E-state index in [1.165, 1.54) is 6.42 Å². The molecule has 0 spiro atoms. The summed E-state index contributed by atoms with van der Waals surface area (Å²) in [6.07, 6.45) is 6.05. The average molecular weight is 209 g/mol. The predicted octanol–water partition coefficient (Wildman–Crippen LogP) is 1.99. The normalized spacial score (nSPS) is 13.4. The SMILES string of the molecule is CCC(NCCc1nccn1C)C(C)C. The number of rotatable bonds is 6. The lowest BCUT2D eigenvalue weighted by molar-refractivity contribution is 0.389. The molecule has 0 saturated carbocycles. The molecule has 1 rings (SSSR count). The van der Waals surface area contributed by atoms with E-state index < -0.39 is 0 Å². The Labute approximate surface area is 92.9 Å². The number of hydrogen-bond acceptors (Lipinski definition) is 2. The highest BCUT2D eigenvalue weighted by Gasteiger charge is 2.09. The minimum atomic E-state index is 0.630. The minimum Gasteiger partial charge on any atom is -0.338 e. The second-order valence-corrected chi connectivity index (χ2v) is 4.42. The van der Waals surface area contributed by atoms with E-state index in [1.54, 1.807) is 0 Å². The van der Waals surface area contributed by atoms with Crippen LogP contribution in [-0.4, -0.2) is 22.1 Å². The molecule has 3 heteroatoms. The lowest BCUT2D eigenvalue weighted by atomic mass is 10.0. The van der Waals surface area contributed by atoms with Gasteiger partial charge in [-0.2, -0.15) is 0 Å². The molecule has 0 bridgehead atoms. The van der Waals surface area contributed by atoms with Crippen molar-refractivity contribution >= 4 is 0 Å². The molecule has 0 amide bonds. The first kappa shape index (κ1) is 12.2. The van der Waals surface area contributed by atoms with Crippen LogP contribution in [0.15, 0.2) is 12.4 Å². The van der Waals surface area contributed by atoms with Crippen molar-refractivity contribution in [2.45, 2.75) is 39.7 Å². The predicted molar refractivity (Wildman–Crippen MR) is 63.8 cm³/mol. The lowest BCUT2D eigenvalue weighted by Crippen LogP contribution is -2.34. The maximum atomic E-state index is 4.31. The van der Waals surface area contributed by atoms with Crippen LogP contribution in [0.3, 0.4) is 0 Å². The molecule has 3 nitrogen and oxygen atoms in total. The second kappa shape index (κ2) is 5.91. The van der Waals surface area contributed by atoms with Crippen LogP contribution in [0.1, 0.15) is 33.0 Å². The first-order chi connectivity index (χ1) is 7.15. The van der Waals surface area contributed by atoms with Gasteiger partial charge in [-0.1, -0.05) is 20.8 Å². The summed E-state index contributed by atoms with van der Waals surface area (Å²) >= 11 is 0. The summed E-state index contributed by atoms with van der Waals surface area (Å²) in [4.78, 5) is 4.31. The van der Waals surface area contributed by atoms with Gasteiger partial charge in [0.25, 0.3) is 0 Å². The number of nitrogens with one attached hydrogen (secondary N) is 1. The molecule has 86 valence electrons. The molecular weight excluding hydrogens is 186 g/mol. The molecule has 0 aliphatic heterocycles. The maximum absolute atomic E-state index is 4.31. The Kier molecular flexibility index (Phi) is 4.82. The van der Waals surface area contributed by atoms with E-state index in [0.29, 0.717) is 12.0 Å². The van der Waals surface area contributed by atoms with E-state index in [4.69, 9.17) is 0 Å². The van der Waals surface area contributed by atoms with E-state index in [0.717, 1.165) is 18.8 Å². The fourth-order valence-electron chi connectivity index (χ4n) is 1.86. The van der Waals surface area contributed by atoms with Gasteiger partial charge in [0.2, 0.25) is 0 Å². The average Bonchev–Trinajstić information content (AvgIpc) is 2.58. The Hall–Kier alpha value is -0.830. The number of imidazole rings is 1. The van der Waals surface area contributed by atoms with E-state index in [-0.39, 0.29) is 0 Å². The van der Waals surface area contributed by atoms with E-state index in [2.05, 4.69) is 35.6 Å². The maximum Gasteiger partial charge on any atom is 0.109 e. The van der Waals surface area contributed by atoms with Crippen LogP contribution in [0.4, 0.5) is 0 Å². The van der Waals surface area contributed by atoms with Crippen molar-refractivity contribution in [3.63, 3.8) is 0 Å². The van der Waals surface area contributed by atoms with Gasteiger partial charge in [0.05, 0.1) is 0 Å². The fourth-order valence-corrected chi connectivity index (χ4v) is 1.86. The van der Waals surface area contributed by atoms with Crippen molar-refractivity contribution in [2.75, 3.05) is 6.54 Å². The molecule has 0 fully saturated rings. The van der Waals surface area contributed by atoms with Gasteiger partial charge < -0.3 is 9.88 Å². The monoisotopic (exact) mass is 209 g/mol. The van der Waals surface area contributed by atoms with Crippen LogP contribution >= 0.6 is 0 Å². The van der Waals surface area contributed by atoms with Gasteiger partial charge in [0.1, 0.15) is 5.82 Å². The van der Waals surface area contributed by atoms with Crippen LogP contribution in [0.2, 0.25) is 0 Å². The number of aromatic nitrogens is 2. The smallest absolute Gasteiger partial charge is 0.109 e. The first-order valence-electron chi connectivity index (χ1n) is 5.84. The Balaban J connectivity index is 2.29. The third-order valence-corrected chi connectivity index (χ3v) is 2.92. The molecule has 15 heavy (non-hydrogen) atoms. The Morgan fingerprint density at radius 2 is 2.20 bits per heavy atom. The molecule has 1 aromatic heterocycles. The van der Waals surface area contributed by atoms with Gasteiger partial charge in [0, 0.05) is 38.4 Å². The Bertz CT molecular complexity index is 278. The minimum absolute atomic E-state index is 0.630. The standard InChI is InChI=1S/C12H23N3/c1-5-11(10(2)3)13-7-6-12-14-8-9-15(12)4/h8-11,13H,5-7H2,1-4H3. The highest BCUT2D eigenvalue weighted by atomic mass is 15.0. The molecule has 1 unspecified atom stereocenters. The quantitative estimate of drug-likeness (QED) is 0.776. The Morgan fingerprint density at radius 1 is 1.47 bits per heavy atom. The van der Waals surface area contributed by atoms with Gasteiger partial charge in [-0.05, 0) is 12.3 Å². The Morgan fingerprint density at radius 3 is 2.67 bits per heavy atom. The van der Waals surface area contributed by atoms with Crippen molar-refractivity contribution < 1.29 is 0 Å². The zero-order chi connectivity index (χ0) is 11.3. The summed E-state index contributed by atoms with van der Waals surface area (Å²) in [6, 6.07) is 0.630. The van der Waals surface area contributed by atoms with Crippen LogP contribution in [0.25, 0.3) is 0 Å². The number of hydrogen-bond donors (Lipinski definition) is 1. The van der Waals surface area contributed by atoms with Crippen LogP contribution in [0.5, 0.6) is 0 Å². The van der Waals surface area contributed by atoms with Gasteiger partial charge >= 0.3 is 0 Å². The number of aryl methyl sites for hydroxylation is 1. The topological polar surface area (TPSA) is 29.9 Å². The van der Waals surface area contributed by atoms with Crippen LogP contribution in [-0.2, 0) is 13.5 Å². The number of nitrogens with zero attached hydrogens (tertiary/aromatic N) is 2. The first-order valence-corrected chi connectivity index (χ1v) is 5.84. The van der Waals surface area contributed by atoms with Gasteiger partial charge in [-0.15, -0.1) is 0 Å². The van der Waals surface area contributed by atoms with E-state index in [1.807, 2.05) is 19.4 Å². The van der Waals surface area contributed by atoms with Crippen molar-refractivity contribution in [2.24, 2.45) is 13.0 Å². The third-order valence-electron chi connectivity index (χ3n) is 2.92. The van der Waals surface area contributed by atoms with Crippen molar-refractivity contribution in [1.29, 1.82) is 0 Å². The summed E-state index contributed by atoms with van der Waals surface area (Å²) < 4.78 is 2.08. The third kappa shape index (κ3) is 3.67. The van der Waals surface area contributed by atoms with Gasteiger partial charge in [-0.3, -0.25) is 0 Å². The largest absolute Gasteiger partial charge is 0.338 e.